The Morgan fingerprint density at radius 1 is 1.07 bits per heavy atom. The molecule has 1 amide bonds. The number of sulfonamides is 1. The first-order valence-electron chi connectivity index (χ1n) is 12.8. The SMILES string of the molecule is CC1(C)N=C(C23CC(N(Cc4ccc(F)c(F)c4)S(=O)(=O)c4ccccc4)(C2)C3)N[C@H]1C(=O)NCCC(F)(F)F. The lowest BCUT2D eigenvalue weighted by molar-refractivity contribution is -0.151. The molecule has 1 heterocycles. The molecule has 0 saturated heterocycles. The molecule has 4 aliphatic rings. The van der Waals surface area contributed by atoms with Crippen molar-refractivity contribution in [1.82, 2.24) is 14.9 Å². The number of carbonyl (C=O) groups is 1. The average molecular weight is 585 g/mol. The summed E-state index contributed by atoms with van der Waals surface area (Å²) in [6, 6.07) is 10.3. The highest BCUT2D eigenvalue weighted by atomic mass is 32.2. The average Bonchev–Trinajstić information content (AvgIpc) is 3.13. The molecule has 0 radical (unpaired) electrons. The molecule has 1 aliphatic heterocycles. The number of amides is 1. The molecule has 2 N–H and O–H groups in total. The number of hydrogen-bond acceptors (Lipinski definition) is 5. The van der Waals surface area contributed by atoms with Crippen molar-refractivity contribution in [2.75, 3.05) is 6.54 Å². The number of nitrogens with zero attached hydrogens (tertiary/aromatic N) is 2. The fourth-order valence-corrected chi connectivity index (χ4v) is 7.85. The molecule has 3 aliphatic carbocycles. The number of amidine groups is 1. The second kappa shape index (κ2) is 9.51. The van der Waals surface area contributed by atoms with Crippen molar-refractivity contribution in [2.24, 2.45) is 10.4 Å². The Hall–Kier alpha value is -3.06. The van der Waals surface area contributed by atoms with Gasteiger partial charge in [0.25, 0.3) is 0 Å². The monoisotopic (exact) mass is 584 g/mol. The number of alkyl halides is 3. The quantitative estimate of drug-likeness (QED) is 0.431. The first-order chi connectivity index (χ1) is 18.6. The zero-order valence-electron chi connectivity index (χ0n) is 21.9. The van der Waals surface area contributed by atoms with Crippen molar-refractivity contribution < 1.29 is 35.2 Å². The van der Waals surface area contributed by atoms with Crippen LogP contribution >= 0.6 is 0 Å². The molecule has 0 aromatic heterocycles. The fraction of sp³-hybridized carbons (Fsp3) is 0.481. The number of nitrogens with one attached hydrogen (secondary N) is 2. The Kier molecular flexibility index (Phi) is 6.77. The minimum atomic E-state index is -4.39. The Bertz CT molecular complexity index is 1440. The van der Waals surface area contributed by atoms with Crippen LogP contribution in [0.2, 0.25) is 0 Å². The topological polar surface area (TPSA) is 90.9 Å². The fourth-order valence-electron chi connectivity index (χ4n) is 6.07. The third kappa shape index (κ3) is 4.98. The van der Waals surface area contributed by atoms with Crippen LogP contribution in [0.4, 0.5) is 22.0 Å². The van der Waals surface area contributed by atoms with Crippen LogP contribution in [0.3, 0.4) is 0 Å². The normalized spacial score (nSPS) is 26.9. The van der Waals surface area contributed by atoms with Crippen molar-refractivity contribution in [3.8, 4) is 0 Å². The van der Waals surface area contributed by atoms with E-state index in [2.05, 4.69) is 10.6 Å². The molecule has 0 unspecified atom stereocenters. The maximum absolute atomic E-state index is 14.0. The second-order valence-corrected chi connectivity index (χ2v) is 13.3. The van der Waals surface area contributed by atoms with Crippen LogP contribution in [0, 0.1) is 17.0 Å². The summed E-state index contributed by atoms with van der Waals surface area (Å²) in [5.74, 6) is -2.17. The third-order valence-electron chi connectivity index (χ3n) is 8.03. The molecular formula is C27H29F5N4O3S. The van der Waals surface area contributed by atoms with Crippen LogP contribution in [0.15, 0.2) is 58.4 Å². The van der Waals surface area contributed by atoms with Gasteiger partial charge in [-0.05, 0) is 62.9 Å². The standard InChI is InChI=1S/C27H29F5N4O3S/c1-24(2)21(22(37)33-11-10-27(30,31)32)34-23(35-24)25-14-26(15-25,16-25)36(13-17-8-9-19(28)20(29)12-17)40(38,39)18-6-4-3-5-7-18/h3-9,12,21H,10-11,13-16H2,1-2H3,(H,33,37)(H,34,35)/t21-,25?,26?/m0/s1. The van der Waals surface area contributed by atoms with Crippen LogP contribution in [-0.2, 0) is 21.4 Å². The Morgan fingerprint density at radius 2 is 1.73 bits per heavy atom. The van der Waals surface area contributed by atoms with Gasteiger partial charge in [0.1, 0.15) is 11.9 Å². The minimum absolute atomic E-state index is 0.0735. The molecule has 3 fully saturated rings. The molecular weight excluding hydrogens is 555 g/mol. The maximum atomic E-state index is 14.0. The van der Waals surface area contributed by atoms with Gasteiger partial charge in [0.15, 0.2) is 11.6 Å². The lowest BCUT2D eigenvalue weighted by atomic mass is 9.38. The number of halogens is 5. The molecule has 1 atom stereocenters. The van der Waals surface area contributed by atoms with E-state index in [-0.39, 0.29) is 11.4 Å². The zero-order valence-corrected chi connectivity index (χ0v) is 22.7. The van der Waals surface area contributed by atoms with E-state index in [0.29, 0.717) is 30.7 Å². The van der Waals surface area contributed by atoms with Crippen LogP contribution in [-0.4, -0.2) is 54.3 Å². The van der Waals surface area contributed by atoms with E-state index in [1.807, 2.05) is 0 Å². The van der Waals surface area contributed by atoms with E-state index < -0.39 is 69.2 Å². The van der Waals surface area contributed by atoms with Gasteiger partial charge >= 0.3 is 6.18 Å². The van der Waals surface area contributed by atoms with Gasteiger partial charge in [0, 0.05) is 24.0 Å². The predicted octanol–water partition coefficient (Wildman–Crippen LogP) is 4.30. The minimum Gasteiger partial charge on any atom is -0.360 e. The number of carbonyl (C=O) groups excluding carboxylic acids is 1. The highest BCUT2D eigenvalue weighted by molar-refractivity contribution is 7.89. The molecule has 2 aromatic rings. The van der Waals surface area contributed by atoms with E-state index in [1.54, 1.807) is 32.0 Å². The molecule has 40 heavy (non-hydrogen) atoms. The van der Waals surface area contributed by atoms with E-state index >= 15 is 0 Å². The van der Waals surface area contributed by atoms with Gasteiger partial charge in [-0.25, -0.2) is 17.2 Å². The molecule has 6 rings (SSSR count). The zero-order chi connectivity index (χ0) is 29.1. The van der Waals surface area contributed by atoms with Crippen LogP contribution in [0.25, 0.3) is 0 Å². The van der Waals surface area contributed by atoms with Crippen molar-refractivity contribution in [2.45, 2.75) is 74.3 Å². The summed E-state index contributed by atoms with van der Waals surface area (Å²) < 4.78 is 93.9. The van der Waals surface area contributed by atoms with Gasteiger partial charge in [-0.1, -0.05) is 24.3 Å². The first kappa shape index (κ1) is 28.5. The van der Waals surface area contributed by atoms with Crippen LogP contribution in [0.5, 0.6) is 0 Å². The van der Waals surface area contributed by atoms with Crippen molar-refractivity contribution >= 4 is 21.8 Å². The largest absolute Gasteiger partial charge is 0.390 e. The van der Waals surface area contributed by atoms with Crippen LogP contribution in [0.1, 0.15) is 45.1 Å². The Labute approximate surface area is 228 Å². The lowest BCUT2D eigenvalue weighted by Gasteiger charge is -2.72. The van der Waals surface area contributed by atoms with Gasteiger partial charge in [-0.3, -0.25) is 9.79 Å². The van der Waals surface area contributed by atoms with Gasteiger partial charge < -0.3 is 10.6 Å². The summed E-state index contributed by atoms with van der Waals surface area (Å²) in [7, 11) is -4.02. The predicted molar refractivity (Wildman–Crippen MR) is 137 cm³/mol. The van der Waals surface area contributed by atoms with Gasteiger partial charge in [-0.15, -0.1) is 0 Å². The number of hydrogen-bond donors (Lipinski definition) is 2. The Morgan fingerprint density at radius 3 is 2.33 bits per heavy atom. The number of aliphatic imine (C=N–C) groups is 1. The number of benzene rings is 2. The molecule has 0 spiro atoms. The summed E-state index contributed by atoms with van der Waals surface area (Å²) in [5, 5.41) is 5.41. The van der Waals surface area contributed by atoms with Crippen LogP contribution < -0.4 is 10.6 Å². The van der Waals surface area contributed by atoms with Crippen molar-refractivity contribution in [1.29, 1.82) is 0 Å². The number of rotatable bonds is 9. The van der Waals surface area contributed by atoms with E-state index in [4.69, 9.17) is 4.99 Å². The summed E-state index contributed by atoms with van der Waals surface area (Å²) in [5.41, 5.74) is -1.94. The van der Waals surface area contributed by atoms with Crippen molar-refractivity contribution in [3.63, 3.8) is 0 Å². The first-order valence-corrected chi connectivity index (χ1v) is 14.2. The lowest BCUT2D eigenvalue weighted by Crippen LogP contribution is -2.78. The molecule has 2 aromatic carbocycles. The molecule has 216 valence electrons. The molecule has 13 heteroatoms. The molecule has 7 nitrogen and oxygen atoms in total. The van der Waals surface area contributed by atoms with Gasteiger partial charge in [0.2, 0.25) is 15.9 Å². The third-order valence-corrected chi connectivity index (χ3v) is 10.00. The second-order valence-electron chi connectivity index (χ2n) is 11.5. The van der Waals surface area contributed by atoms with Gasteiger partial charge in [-0.2, -0.15) is 17.5 Å². The molecule has 3 saturated carbocycles. The Balaban J connectivity index is 1.34. The van der Waals surface area contributed by atoms with E-state index in [1.165, 1.54) is 22.5 Å². The maximum Gasteiger partial charge on any atom is 0.390 e. The highest BCUT2D eigenvalue weighted by Crippen LogP contribution is 2.71. The summed E-state index contributed by atoms with van der Waals surface area (Å²) in [4.78, 5) is 17.5. The summed E-state index contributed by atoms with van der Waals surface area (Å²) >= 11 is 0. The summed E-state index contributed by atoms with van der Waals surface area (Å²) in [6.45, 7) is 2.70. The summed E-state index contributed by atoms with van der Waals surface area (Å²) in [6.07, 6.45) is -4.37. The molecule has 2 bridgehead atoms. The van der Waals surface area contributed by atoms with Gasteiger partial charge in [0.05, 0.1) is 16.9 Å². The highest BCUT2D eigenvalue weighted by Gasteiger charge is 2.75. The van der Waals surface area contributed by atoms with Crippen molar-refractivity contribution in [3.05, 3.63) is 65.7 Å². The van der Waals surface area contributed by atoms with E-state index in [9.17, 15) is 35.2 Å². The van der Waals surface area contributed by atoms with E-state index in [0.717, 1.165) is 12.1 Å². The smallest absolute Gasteiger partial charge is 0.360 e.